The molecule has 0 radical (unpaired) electrons. The maximum Gasteiger partial charge on any atom is -1.00 e. The average Bonchev–Trinajstić information content (AvgIpc) is 3.49. The smallest absolute Gasteiger partial charge is 1.00 e. The van der Waals surface area contributed by atoms with E-state index < -0.39 is 16.3 Å². The van der Waals surface area contributed by atoms with Crippen LogP contribution in [0.15, 0.2) is 65.9 Å². The third-order valence-corrected chi connectivity index (χ3v) is 16.5. The van der Waals surface area contributed by atoms with Gasteiger partial charge in [-0.05, 0) is 29.9 Å². The van der Waals surface area contributed by atoms with E-state index in [0.717, 1.165) is 5.54 Å². The first kappa shape index (κ1) is 32.6. The minimum atomic E-state index is -1.24. The molecule has 4 aliphatic rings. The maximum absolute atomic E-state index is 2.63. The molecule has 0 saturated carbocycles. The summed E-state index contributed by atoms with van der Waals surface area (Å²) in [5.41, 5.74) is 14.6. The van der Waals surface area contributed by atoms with E-state index in [0.29, 0.717) is 3.63 Å². The molecule has 0 N–H and O–H groups in total. The number of fused-ring (bicyclic) bond motifs is 1. The number of halogens is 2. The monoisotopic (exact) mass is 668 g/mol. The van der Waals surface area contributed by atoms with E-state index in [1.54, 1.807) is 46.7 Å². The van der Waals surface area contributed by atoms with Gasteiger partial charge in [-0.15, -0.1) is 0 Å². The zero-order valence-corrected chi connectivity index (χ0v) is 31.1. The van der Waals surface area contributed by atoms with Crippen LogP contribution in [0.1, 0.15) is 71.7 Å². The molecule has 6 heteroatoms. The summed E-state index contributed by atoms with van der Waals surface area (Å²) in [4.78, 5) is 0. The van der Waals surface area contributed by atoms with Crippen LogP contribution in [-0.4, -0.2) is 20.5 Å². The van der Waals surface area contributed by atoms with E-state index in [1.807, 2.05) is 0 Å². The van der Waals surface area contributed by atoms with Gasteiger partial charge in [0.05, 0.1) is 8.07 Å². The molecule has 3 heterocycles. The molecule has 1 aromatic heterocycles. The minimum Gasteiger partial charge on any atom is -1.00 e. The number of hydrogen-bond donors (Lipinski definition) is 0. The summed E-state index contributed by atoms with van der Waals surface area (Å²) >= 11 is 1.58. The molecule has 39 heavy (non-hydrogen) atoms. The second-order valence-corrected chi connectivity index (χ2v) is 24.6. The predicted molar refractivity (Wildman–Crippen MR) is 163 cm³/mol. The van der Waals surface area contributed by atoms with Crippen molar-refractivity contribution in [2.75, 3.05) is 0 Å². The maximum atomic E-state index is 2.63. The zero-order valence-electron chi connectivity index (χ0n) is 25.1. The molecule has 205 valence electrons. The molecule has 2 aromatic carbocycles. The molecule has 2 aliphatic heterocycles. The number of nitrogens with zero attached hydrogens (tertiary/aromatic N) is 1. The molecule has 0 spiro atoms. The van der Waals surface area contributed by atoms with Crippen LogP contribution in [-0.2, 0) is 30.1 Å². The quantitative estimate of drug-likeness (QED) is 0.368. The van der Waals surface area contributed by atoms with Crippen LogP contribution < -0.4 is 24.8 Å². The van der Waals surface area contributed by atoms with E-state index >= 15 is 0 Å². The van der Waals surface area contributed by atoms with Gasteiger partial charge in [0.2, 0.25) is 0 Å². The van der Waals surface area contributed by atoms with E-state index in [-0.39, 0.29) is 30.2 Å². The molecule has 0 saturated heterocycles. The van der Waals surface area contributed by atoms with Gasteiger partial charge >= 0.3 is 143 Å². The molecule has 2 unspecified atom stereocenters. The van der Waals surface area contributed by atoms with Crippen LogP contribution in [0.3, 0.4) is 0 Å². The topological polar surface area (TPSA) is 4.93 Å². The first-order valence-corrected chi connectivity index (χ1v) is 21.6. The molecule has 7 rings (SSSR count). The van der Waals surface area contributed by atoms with Gasteiger partial charge in [0.1, 0.15) is 0 Å². The van der Waals surface area contributed by atoms with Gasteiger partial charge in [-0.3, -0.25) is 0 Å². The Kier molecular flexibility index (Phi) is 9.25. The summed E-state index contributed by atoms with van der Waals surface area (Å²) in [7, 11) is -2.33. The van der Waals surface area contributed by atoms with E-state index in [4.69, 9.17) is 0 Å². The fraction of sp³-hybridized carbons (Fsp3) is 0.394. The van der Waals surface area contributed by atoms with Crippen LogP contribution in [0, 0.1) is 0 Å². The second kappa shape index (κ2) is 11.1. The van der Waals surface area contributed by atoms with Gasteiger partial charge in [-0.1, -0.05) is 38.3 Å². The van der Waals surface area contributed by atoms with E-state index in [2.05, 4.69) is 132 Å². The van der Waals surface area contributed by atoms with Crippen LogP contribution in [0.4, 0.5) is 0 Å². The van der Waals surface area contributed by atoms with Crippen molar-refractivity contribution in [3.8, 4) is 11.1 Å². The zero-order chi connectivity index (χ0) is 27.1. The predicted octanol–water partition coefficient (Wildman–Crippen LogP) is 3.51. The molecule has 1 nitrogen and oxygen atoms in total. The van der Waals surface area contributed by atoms with E-state index in [1.165, 1.54) is 33.4 Å². The SMILES string of the molecule is CC1=C2c3c(ccn3[Si](C)(C)C)C1[Si]2(C)C.CC1=Cc2c(-c3ccc(C(C)(C)C)cc3)cccc2[CH]1[Zr+2].[Cl-].[Cl-]. The Labute approximate surface area is 266 Å². The van der Waals surface area contributed by atoms with Crippen LogP contribution >= 0.6 is 0 Å². The van der Waals surface area contributed by atoms with Crippen molar-refractivity contribution in [3.63, 3.8) is 0 Å². The minimum absolute atomic E-state index is 0. The Hall–Kier alpha value is -0.903. The number of rotatable bonds is 2. The number of aromatic nitrogens is 1. The van der Waals surface area contributed by atoms with Gasteiger partial charge in [0.25, 0.3) is 0 Å². The van der Waals surface area contributed by atoms with Crippen molar-refractivity contribution < 1.29 is 49.5 Å². The molecule has 0 amide bonds. The van der Waals surface area contributed by atoms with Crippen molar-refractivity contribution in [2.24, 2.45) is 0 Å². The van der Waals surface area contributed by atoms with Crippen LogP contribution in [0.5, 0.6) is 0 Å². The molecule has 2 bridgehead atoms. The fourth-order valence-electron chi connectivity index (χ4n) is 6.83. The first-order chi connectivity index (χ1) is 17.1. The largest absolute Gasteiger partial charge is 1.00 e. The summed E-state index contributed by atoms with van der Waals surface area (Å²) < 4.78 is 3.27. The molecular formula is C33H42Cl2NSi2Zr. The number of hydrogen-bond acceptors (Lipinski definition) is 0. The van der Waals surface area contributed by atoms with Crippen LogP contribution in [0.2, 0.25) is 32.7 Å². The second-order valence-electron chi connectivity index (χ2n) is 13.8. The van der Waals surface area contributed by atoms with Crippen molar-refractivity contribution in [1.82, 2.24) is 4.23 Å². The fourth-order valence-corrected chi connectivity index (χ4v) is 13.5. The normalized spacial score (nSPS) is 20.1. The van der Waals surface area contributed by atoms with Gasteiger partial charge in [0.15, 0.2) is 8.24 Å². The van der Waals surface area contributed by atoms with Crippen molar-refractivity contribution >= 4 is 27.6 Å². The third kappa shape index (κ3) is 5.39. The molecule has 2 aliphatic carbocycles. The summed E-state index contributed by atoms with van der Waals surface area (Å²) in [6.07, 6.45) is 4.72. The Morgan fingerprint density at radius 2 is 1.49 bits per heavy atom. The van der Waals surface area contributed by atoms with Gasteiger partial charge < -0.3 is 29.0 Å². The summed E-state index contributed by atoms with van der Waals surface area (Å²) in [5, 5.41) is 1.78. The average molecular weight is 671 g/mol. The Balaban J connectivity index is 0.000000211. The molecule has 3 aromatic rings. The van der Waals surface area contributed by atoms with Crippen molar-refractivity contribution in [2.45, 2.75) is 81.9 Å². The van der Waals surface area contributed by atoms with Crippen molar-refractivity contribution in [3.05, 3.63) is 93.8 Å². The Morgan fingerprint density at radius 3 is 2.03 bits per heavy atom. The molecular weight excluding hydrogens is 629 g/mol. The number of benzene rings is 2. The first-order valence-electron chi connectivity index (χ1n) is 13.7. The summed E-state index contributed by atoms with van der Waals surface area (Å²) in [6.45, 7) is 23.8. The third-order valence-electron chi connectivity index (χ3n) is 8.72. The van der Waals surface area contributed by atoms with Gasteiger partial charge in [0, 0.05) is 11.2 Å². The van der Waals surface area contributed by atoms with Gasteiger partial charge in [-0.2, -0.15) is 0 Å². The van der Waals surface area contributed by atoms with Crippen molar-refractivity contribution in [1.29, 1.82) is 0 Å². The van der Waals surface area contributed by atoms with Crippen LogP contribution in [0.25, 0.3) is 22.4 Å². The summed E-state index contributed by atoms with van der Waals surface area (Å²) in [6, 6.07) is 18.2. The molecule has 0 fully saturated rings. The van der Waals surface area contributed by atoms with E-state index in [9.17, 15) is 0 Å². The molecule has 2 atom stereocenters. The Bertz CT molecular complexity index is 1450. The van der Waals surface area contributed by atoms with Gasteiger partial charge in [-0.25, -0.2) is 0 Å². The Morgan fingerprint density at radius 1 is 0.872 bits per heavy atom. The summed E-state index contributed by atoms with van der Waals surface area (Å²) in [5.74, 6) is 0. The standard InChI is InChI=1S/C20H21.C13H21NSi2.2ClH.Zr/c1-14-12-16-6-5-7-18(19(16)13-14)15-8-10-17(11-9-15)20(2,3)4;1-9-12-10-7-8-14(15(2,3)4)11(10)13(9)16(12,5)6;;;/h5-13H,1-4H3;7-8,12H,1-6H3;2*1H;/q;;;;+2/p-2. The number of allylic oxidation sites excluding steroid dienone is 2.